The first-order valence-corrected chi connectivity index (χ1v) is 6.08. The second kappa shape index (κ2) is 4.27. The van der Waals surface area contributed by atoms with Crippen LogP contribution in [-0.2, 0) is 4.74 Å². The van der Waals surface area contributed by atoms with Crippen molar-refractivity contribution in [3.8, 4) is 0 Å². The summed E-state index contributed by atoms with van der Waals surface area (Å²) in [6.07, 6.45) is 1.93. The molecule has 1 rings (SSSR count). The van der Waals surface area contributed by atoms with Gasteiger partial charge in [0.2, 0.25) is 0 Å². The summed E-state index contributed by atoms with van der Waals surface area (Å²) in [5.74, 6) is 0. The second-order valence-electron chi connectivity index (χ2n) is 6.91. The van der Waals surface area contributed by atoms with Crippen LogP contribution in [0.15, 0.2) is 0 Å². The average molecular weight is 227 g/mol. The van der Waals surface area contributed by atoms with E-state index in [2.05, 4.69) is 46.9 Å². The molecule has 0 aromatic heterocycles. The molecule has 0 saturated heterocycles. The Hall–Kier alpha value is -0.730. The highest BCUT2D eigenvalue weighted by Crippen LogP contribution is 2.33. The third kappa shape index (κ3) is 4.03. The fourth-order valence-electron chi connectivity index (χ4n) is 2.22. The summed E-state index contributed by atoms with van der Waals surface area (Å²) in [5.41, 5.74) is 0.0572. The maximum Gasteiger partial charge on any atom is 0.407 e. The summed E-state index contributed by atoms with van der Waals surface area (Å²) in [5, 5.41) is 3.01. The van der Waals surface area contributed by atoms with Crippen LogP contribution < -0.4 is 5.32 Å². The van der Waals surface area contributed by atoms with E-state index in [1.165, 1.54) is 0 Å². The zero-order chi connectivity index (χ0) is 12.6. The van der Waals surface area contributed by atoms with Crippen LogP contribution in [0.3, 0.4) is 0 Å². The van der Waals surface area contributed by atoms with E-state index in [1.54, 1.807) is 0 Å². The first-order valence-electron chi connectivity index (χ1n) is 6.08. The number of hydrogen-bond donors (Lipinski definition) is 1. The smallest absolute Gasteiger partial charge is 0.407 e. The Balaban J connectivity index is 2.59. The van der Waals surface area contributed by atoms with E-state index >= 15 is 0 Å². The van der Waals surface area contributed by atoms with Crippen LogP contribution in [0.5, 0.6) is 0 Å². The number of carbonyl (C=O) groups excluding carboxylic acids is 1. The Morgan fingerprint density at radius 1 is 1.12 bits per heavy atom. The highest BCUT2D eigenvalue weighted by Gasteiger charge is 2.37. The fourth-order valence-corrected chi connectivity index (χ4v) is 2.22. The van der Waals surface area contributed by atoms with Gasteiger partial charge in [0.25, 0.3) is 0 Å². The van der Waals surface area contributed by atoms with E-state index in [9.17, 15) is 4.79 Å². The van der Waals surface area contributed by atoms with Gasteiger partial charge in [0, 0.05) is 6.04 Å². The molecule has 0 unspecified atom stereocenters. The molecule has 16 heavy (non-hydrogen) atoms. The predicted molar refractivity (Wildman–Crippen MR) is 65.3 cm³/mol. The van der Waals surface area contributed by atoms with Crippen LogP contribution in [0.2, 0.25) is 0 Å². The van der Waals surface area contributed by atoms with E-state index in [4.69, 9.17) is 4.74 Å². The predicted octanol–water partition coefficient (Wildman–Crippen LogP) is 3.34. The molecule has 94 valence electrons. The third-order valence-electron chi connectivity index (χ3n) is 2.79. The summed E-state index contributed by atoms with van der Waals surface area (Å²) >= 11 is 0. The molecule has 1 fully saturated rings. The molecule has 1 aliphatic carbocycles. The minimum Gasteiger partial charge on any atom is -0.446 e. The molecule has 0 aliphatic heterocycles. The normalized spacial score (nSPS) is 17.4. The molecule has 0 radical (unpaired) electrons. The van der Waals surface area contributed by atoms with Crippen molar-refractivity contribution in [3.63, 3.8) is 0 Å². The molecule has 3 heteroatoms. The second-order valence-corrected chi connectivity index (χ2v) is 6.91. The lowest BCUT2D eigenvalue weighted by molar-refractivity contribution is 0.0970. The molecule has 0 aromatic rings. The van der Waals surface area contributed by atoms with Gasteiger partial charge in [-0.2, -0.15) is 0 Å². The van der Waals surface area contributed by atoms with Crippen molar-refractivity contribution in [1.29, 1.82) is 0 Å². The van der Waals surface area contributed by atoms with Crippen molar-refractivity contribution in [2.75, 3.05) is 0 Å². The highest BCUT2D eigenvalue weighted by atomic mass is 16.6. The van der Waals surface area contributed by atoms with Crippen LogP contribution in [0, 0.1) is 10.8 Å². The Morgan fingerprint density at radius 2 is 1.56 bits per heavy atom. The fraction of sp³-hybridized carbons (Fsp3) is 0.923. The topological polar surface area (TPSA) is 38.3 Å². The molecule has 1 amide bonds. The SMILES string of the molecule is CC(C)(C)C(NC(=O)OC1CC1)C(C)(C)C. The van der Waals surface area contributed by atoms with Crippen LogP contribution in [0.25, 0.3) is 0 Å². The van der Waals surface area contributed by atoms with Gasteiger partial charge in [-0.15, -0.1) is 0 Å². The van der Waals surface area contributed by atoms with Crippen molar-refractivity contribution >= 4 is 6.09 Å². The number of alkyl carbamates (subject to hydrolysis) is 1. The summed E-state index contributed by atoms with van der Waals surface area (Å²) < 4.78 is 5.23. The molecule has 1 aliphatic rings. The Morgan fingerprint density at radius 3 is 1.88 bits per heavy atom. The highest BCUT2D eigenvalue weighted by molar-refractivity contribution is 5.68. The van der Waals surface area contributed by atoms with E-state index < -0.39 is 0 Å². The molecule has 0 bridgehead atoms. The van der Waals surface area contributed by atoms with Crippen molar-refractivity contribution in [3.05, 3.63) is 0 Å². The number of hydrogen-bond acceptors (Lipinski definition) is 2. The van der Waals surface area contributed by atoms with E-state index in [0.717, 1.165) is 12.8 Å². The molecule has 0 spiro atoms. The van der Waals surface area contributed by atoms with Gasteiger partial charge in [-0.25, -0.2) is 4.79 Å². The molecule has 0 aromatic carbocycles. The maximum atomic E-state index is 11.7. The van der Waals surface area contributed by atoms with Gasteiger partial charge in [0.1, 0.15) is 6.10 Å². The zero-order valence-electron chi connectivity index (χ0n) is 11.4. The van der Waals surface area contributed by atoms with Gasteiger partial charge in [-0.05, 0) is 23.7 Å². The van der Waals surface area contributed by atoms with Gasteiger partial charge in [0.05, 0.1) is 0 Å². The molecule has 3 nitrogen and oxygen atoms in total. The number of carbonyl (C=O) groups is 1. The lowest BCUT2D eigenvalue weighted by atomic mass is 9.72. The molecular weight excluding hydrogens is 202 g/mol. The number of ether oxygens (including phenoxy) is 1. The lowest BCUT2D eigenvalue weighted by Crippen LogP contribution is -2.51. The van der Waals surface area contributed by atoms with Crippen LogP contribution >= 0.6 is 0 Å². The minimum absolute atomic E-state index is 0.0286. The number of nitrogens with one attached hydrogen (secondary N) is 1. The first-order chi connectivity index (χ1) is 7.10. The standard InChI is InChI=1S/C13H25NO2/c1-12(2,3)10(13(4,5)6)14-11(15)16-9-7-8-9/h9-10H,7-8H2,1-6H3,(H,14,15). The van der Waals surface area contributed by atoms with Crippen molar-refractivity contribution < 1.29 is 9.53 Å². The summed E-state index contributed by atoms with van der Waals surface area (Å²) in [6, 6.07) is 0.103. The van der Waals surface area contributed by atoms with Crippen molar-refractivity contribution in [2.24, 2.45) is 10.8 Å². The Bertz CT molecular complexity index is 242. The van der Waals surface area contributed by atoms with Gasteiger partial charge < -0.3 is 10.1 Å². The molecular formula is C13H25NO2. The minimum atomic E-state index is -0.266. The largest absolute Gasteiger partial charge is 0.446 e. The van der Waals surface area contributed by atoms with Crippen LogP contribution in [0.4, 0.5) is 4.79 Å². The van der Waals surface area contributed by atoms with E-state index in [0.29, 0.717) is 0 Å². The number of rotatable bonds is 2. The Labute approximate surface area is 98.9 Å². The molecule has 1 saturated carbocycles. The quantitative estimate of drug-likeness (QED) is 0.785. The summed E-state index contributed by atoms with van der Waals surface area (Å²) in [4.78, 5) is 11.7. The van der Waals surface area contributed by atoms with Crippen molar-refractivity contribution in [2.45, 2.75) is 66.5 Å². The average Bonchev–Trinajstić information content (AvgIpc) is 2.79. The summed E-state index contributed by atoms with van der Waals surface area (Å²) in [7, 11) is 0. The molecule has 0 heterocycles. The number of amides is 1. The van der Waals surface area contributed by atoms with Gasteiger partial charge in [-0.3, -0.25) is 0 Å². The lowest BCUT2D eigenvalue weighted by Gasteiger charge is -2.40. The molecule has 1 N–H and O–H groups in total. The van der Waals surface area contributed by atoms with Gasteiger partial charge in [-0.1, -0.05) is 41.5 Å². The molecule has 0 atom stereocenters. The van der Waals surface area contributed by atoms with Crippen molar-refractivity contribution in [1.82, 2.24) is 5.32 Å². The van der Waals surface area contributed by atoms with Gasteiger partial charge >= 0.3 is 6.09 Å². The van der Waals surface area contributed by atoms with E-state index in [-0.39, 0.29) is 29.1 Å². The van der Waals surface area contributed by atoms with Gasteiger partial charge in [0.15, 0.2) is 0 Å². The summed E-state index contributed by atoms with van der Waals surface area (Å²) in [6.45, 7) is 12.8. The van der Waals surface area contributed by atoms with Crippen LogP contribution in [-0.4, -0.2) is 18.2 Å². The third-order valence-corrected chi connectivity index (χ3v) is 2.79. The zero-order valence-corrected chi connectivity index (χ0v) is 11.4. The van der Waals surface area contributed by atoms with E-state index in [1.807, 2.05) is 0 Å². The monoisotopic (exact) mass is 227 g/mol. The van der Waals surface area contributed by atoms with Crippen LogP contribution in [0.1, 0.15) is 54.4 Å². The maximum absolute atomic E-state index is 11.7. The Kier molecular flexibility index (Phi) is 3.56. The first kappa shape index (κ1) is 13.3.